The van der Waals surface area contributed by atoms with Crippen LogP contribution < -0.4 is 15.8 Å². The van der Waals surface area contributed by atoms with Gasteiger partial charge in [-0.15, -0.1) is 0 Å². The van der Waals surface area contributed by atoms with E-state index in [0.717, 1.165) is 31.1 Å². The van der Waals surface area contributed by atoms with E-state index >= 15 is 0 Å². The molecule has 166 valence electrons. The van der Waals surface area contributed by atoms with E-state index in [0.29, 0.717) is 6.54 Å². The van der Waals surface area contributed by atoms with Crippen LogP contribution in [0.25, 0.3) is 0 Å². The van der Waals surface area contributed by atoms with Crippen LogP contribution in [0.4, 0.5) is 10.5 Å². The molecule has 0 radical (unpaired) electrons. The zero-order chi connectivity index (χ0) is 22.1. The summed E-state index contributed by atoms with van der Waals surface area (Å²) in [4.78, 5) is 41.5. The van der Waals surface area contributed by atoms with Crippen molar-refractivity contribution in [1.82, 2.24) is 20.7 Å². The standard InChI is InChI=1S/C21H33N5O4/c1-21(2,3)30-20(29)24(4)16-19(28)23-22-18(27)10-11-25-12-14-26(15-13-25)17-8-6-5-7-9-17/h5-9H,10-16H2,1-4H3,(H,22,27)(H,23,28). The lowest BCUT2D eigenvalue weighted by Crippen LogP contribution is -2.49. The van der Waals surface area contributed by atoms with Gasteiger partial charge < -0.3 is 14.5 Å². The van der Waals surface area contributed by atoms with E-state index in [1.165, 1.54) is 12.7 Å². The van der Waals surface area contributed by atoms with Crippen LogP contribution >= 0.6 is 0 Å². The second-order valence-electron chi connectivity index (χ2n) is 8.35. The van der Waals surface area contributed by atoms with Crippen LogP contribution in [0.5, 0.6) is 0 Å². The zero-order valence-electron chi connectivity index (χ0n) is 18.3. The SMILES string of the molecule is CN(CC(=O)NNC(=O)CCN1CCN(c2ccccc2)CC1)C(=O)OC(C)(C)C. The maximum Gasteiger partial charge on any atom is 0.410 e. The van der Waals surface area contributed by atoms with Crippen molar-refractivity contribution in [3.8, 4) is 0 Å². The molecule has 1 fully saturated rings. The van der Waals surface area contributed by atoms with Gasteiger partial charge in [-0.1, -0.05) is 18.2 Å². The molecule has 1 aliphatic rings. The molecule has 2 rings (SSSR count). The van der Waals surface area contributed by atoms with Gasteiger partial charge in [-0.05, 0) is 32.9 Å². The van der Waals surface area contributed by atoms with Crippen LogP contribution in [0.1, 0.15) is 27.2 Å². The van der Waals surface area contributed by atoms with Gasteiger partial charge in [0.25, 0.3) is 5.91 Å². The Bertz CT molecular complexity index is 712. The van der Waals surface area contributed by atoms with Crippen LogP contribution in [-0.4, -0.2) is 79.6 Å². The summed E-state index contributed by atoms with van der Waals surface area (Å²) in [7, 11) is 1.46. The van der Waals surface area contributed by atoms with Gasteiger partial charge in [0.2, 0.25) is 5.91 Å². The zero-order valence-corrected chi connectivity index (χ0v) is 18.3. The van der Waals surface area contributed by atoms with E-state index < -0.39 is 17.6 Å². The molecule has 0 saturated carbocycles. The third kappa shape index (κ3) is 8.28. The van der Waals surface area contributed by atoms with Gasteiger partial charge in [0.1, 0.15) is 12.1 Å². The fourth-order valence-corrected chi connectivity index (χ4v) is 2.99. The highest BCUT2D eigenvalue weighted by Gasteiger charge is 2.21. The molecular formula is C21H33N5O4. The predicted molar refractivity (Wildman–Crippen MR) is 115 cm³/mol. The fraction of sp³-hybridized carbons (Fsp3) is 0.571. The van der Waals surface area contributed by atoms with Crippen LogP contribution in [0.15, 0.2) is 30.3 Å². The normalized spacial score (nSPS) is 14.7. The molecular weight excluding hydrogens is 386 g/mol. The second-order valence-corrected chi connectivity index (χ2v) is 8.35. The number of anilines is 1. The van der Waals surface area contributed by atoms with Crippen LogP contribution in [0, 0.1) is 0 Å². The Morgan fingerprint density at radius 1 is 1.00 bits per heavy atom. The topological polar surface area (TPSA) is 94.2 Å². The van der Waals surface area contributed by atoms with Gasteiger partial charge in [-0.2, -0.15) is 0 Å². The molecule has 0 atom stereocenters. The maximum absolute atomic E-state index is 12.0. The number of para-hydroxylation sites is 1. The molecule has 1 heterocycles. The third-order valence-corrected chi connectivity index (χ3v) is 4.58. The van der Waals surface area contributed by atoms with Gasteiger partial charge in [0.15, 0.2) is 0 Å². The first-order valence-corrected chi connectivity index (χ1v) is 10.2. The first kappa shape index (κ1) is 23.5. The lowest BCUT2D eigenvalue weighted by Gasteiger charge is -2.36. The lowest BCUT2D eigenvalue weighted by molar-refractivity contribution is -0.129. The predicted octanol–water partition coefficient (Wildman–Crippen LogP) is 1.21. The Hall–Kier alpha value is -2.81. The quantitative estimate of drug-likeness (QED) is 0.674. The van der Waals surface area contributed by atoms with Crippen LogP contribution in [0.2, 0.25) is 0 Å². The summed E-state index contributed by atoms with van der Waals surface area (Å²) in [5.41, 5.74) is 5.31. The molecule has 1 aliphatic heterocycles. The minimum atomic E-state index is -0.636. The second kappa shape index (κ2) is 10.8. The molecule has 1 saturated heterocycles. The molecule has 1 aromatic carbocycles. The van der Waals surface area contributed by atoms with Crippen molar-refractivity contribution in [3.63, 3.8) is 0 Å². The number of ether oxygens (including phenoxy) is 1. The highest BCUT2D eigenvalue weighted by atomic mass is 16.6. The number of carbonyl (C=O) groups is 3. The van der Waals surface area contributed by atoms with Crippen molar-refractivity contribution in [1.29, 1.82) is 0 Å². The number of hydrogen-bond donors (Lipinski definition) is 2. The smallest absolute Gasteiger partial charge is 0.410 e. The Kier molecular flexibility index (Phi) is 8.46. The molecule has 0 aromatic heterocycles. The highest BCUT2D eigenvalue weighted by Crippen LogP contribution is 2.15. The van der Waals surface area contributed by atoms with Crippen molar-refractivity contribution in [3.05, 3.63) is 30.3 Å². The summed E-state index contributed by atoms with van der Waals surface area (Å²) in [6, 6.07) is 10.3. The largest absolute Gasteiger partial charge is 0.444 e. The van der Waals surface area contributed by atoms with E-state index in [1.807, 2.05) is 18.2 Å². The van der Waals surface area contributed by atoms with Crippen molar-refractivity contribution < 1.29 is 19.1 Å². The molecule has 1 aromatic rings. The van der Waals surface area contributed by atoms with Crippen LogP contribution in [0.3, 0.4) is 0 Å². The number of nitrogens with zero attached hydrogens (tertiary/aromatic N) is 3. The molecule has 0 bridgehead atoms. The summed E-state index contributed by atoms with van der Waals surface area (Å²) >= 11 is 0. The van der Waals surface area contributed by atoms with Crippen molar-refractivity contribution in [2.24, 2.45) is 0 Å². The molecule has 0 spiro atoms. The number of likely N-dealkylation sites (N-methyl/N-ethyl adjacent to an activating group) is 1. The Morgan fingerprint density at radius 3 is 2.20 bits per heavy atom. The molecule has 2 N–H and O–H groups in total. The molecule has 3 amide bonds. The van der Waals surface area contributed by atoms with E-state index in [2.05, 4.69) is 32.8 Å². The van der Waals surface area contributed by atoms with Crippen molar-refractivity contribution in [2.75, 3.05) is 51.2 Å². The van der Waals surface area contributed by atoms with Crippen LogP contribution in [-0.2, 0) is 14.3 Å². The van der Waals surface area contributed by atoms with Gasteiger partial charge in [-0.3, -0.25) is 25.3 Å². The van der Waals surface area contributed by atoms with E-state index in [-0.39, 0.29) is 18.9 Å². The first-order valence-electron chi connectivity index (χ1n) is 10.2. The number of hydrazine groups is 1. The van der Waals surface area contributed by atoms with Crippen molar-refractivity contribution >= 4 is 23.6 Å². The number of rotatable bonds is 6. The number of hydrogen-bond acceptors (Lipinski definition) is 6. The number of nitrogens with one attached hydrogen (secondary N) is 2. The van der Waals surface area contributed by atoms with E-state index in [1.54, 1.807) is 20.8 Å². The Labute approximate surface area is 178 Å². The average molecular weight is 420 g/mol. The van der Waals surface area contributed by atoms with E-state index in [9.17, 15) is 14.4 Å². The number of benzene rings is 1. The van der Waals surface area contributed by atoms with Gasteiger partial charge in [-0.25, -0.2) is 4.79 Å². The van der Waals surface area contributed by atoms with Gasteiger partial charge in [0.05, 0.1) is 0 Å². The Morgan fingerprint density at radius 2 is 1.60 bits per heavy atom. The lowest BCUT2D eigenvalue weighted by atomic mass is 10.2. The summed E-state index contributed by atoms with van der Waals surface area (Å²) in [5, 5.41) is 0. The molecule has 0 unspecified atom stereocenters. The van der Waals surface area contributed by atoms with Crippen molar-refractivity contribution in [2.45, 2.75) is 32.8 Å². The third-order valence-electron chi connectivity index (χ3n) is 4.58. The summed E-state index contributed by atoms with van der Waals surface area (Å²) in [6.07, 6.45) is -0.313. The Balaban J connectivity index is 1.61. The molecule has 9 heteroatoms. The molecule has 9 nitrogen and oxygen atoms in total. The van der Waals surface area contributed by atoms with Gasteiger partial charge >= 0.3 is 6.09 Å². The minimum absolute atomic E-state index is 0.212. The molecule has 0 aliphatic carbocycles. The summed E-state index contributed by atoms with van der Waals surface area (Å²) in [5.74, 6) is -0.762. The highest BCUT2D eigenvalue weighted by molar-refractivity contribution is 5.85. The number of carbonyl (C=O) groups excluding carboxylic acids is 3. The number of piperazine rings is 1. The average Bonchev–Trinajstić information content (AvgIpc) is 2.70. The maximum atomic E-state index is 12.0. The first-order chi connectivity index (χ1) is 14.1. The minimum Gasteiger partial charge on any atom is -0.444 e. The summed E-state index contributed by atoms with van der Waals surface area (Å²) in [6.45, 7) is 9.27. The van der Waals surface area contributed by atoms with Gasteiger partial charge in [0, 0.05) is 51.9 Å². The summed E-state index contributed by atoms with van der Waals surface area (Å²) < 4.78 is 5.18. The fourth-order valence-electron chi connectivity index (χ4n) is 2.99. The monoisotopic (exact) mass is 419 g/mol. The van der Waals surface area contributed by atoms with E-state index in [4.69, 9.17) is 4.74 Å². The number of amides is 3. The molecule has 30 heavy (non-hydrogen) atoms.